The first-order chi connectivity index (χ1) is 16.1. The highest BCUT2D eigenvalue weighted by Gasteiger charge is 2.35. The zero-order valence-corrected chi connectivity index (χ0v) is 16.9. The topological polar surface area (TPSA) is 61.2 Å². The number of hydrogen-bond acceptors (Lipinski definition) is 4. The molecule has 0 saturated heterocycles. The van der Waals surface area contributed by atoms with Crippen LogP contribution >= 0.6 is 0 Å². The van der Waals surface area contributed by atoms with Crippen LogP contribution in [0, 0.1) is 17.5 Å². The number of carbonyl (C=O) groups is 1. The molecule has 3 aromatic carbocycles. The van der Waals surface area contributed by atoms with Gasteiger partial charge in [-0.05, 0) is 36.4 Å². The standard InChI is InChI=1S/C23H12F6N2O3/c24-13-6-18(25)16(19(26)7-13)9-31-11-30-22(33)15-8-14(2-3-20(15)31)34-21-4-1-12(10-32)5-17(21)23(27,28)29/h1-8,10-11H,9H2. The van der Waals surface area contributed by atoms with E-state index in [2.05, 4.69) is 4.98 Å². The first-order valence-electron chi connectivity index (χ1n) is 9.53. The molecule has 0 aliphatic carbocycles. The number of benzene rings is 3. The maximum absolute atomic E-state index is 14.1. The molecule has 11 heteroatoms. The summed E-state index contributed by atoms with van der Waals surface area (Å²) in [5.41, 5.74) is -2.47. The number of rotatable bonds is 5. The molecule has 0 spiro atoms. The van der Waals surface area contributed by atoms with Crippen molar-refractivity contribution in [3.05, 3.63) is 99.4 Å². The van der Waals surface area contributed by atoms with E-state index in [1.807, 2.05) is 0 Å². The van der Waals surface area contributed by atoms with Gasteiger partial charge in [-0.25, -0.2) is 13.2 Å². The van der Waals surface area contributed by atoms with Crippen LogP contribution in [0.4, 0.5) is 26.3 Å². The lowest BCUT2D eigenvalue weighted by atomic mass is 10.1. The number of ether oxygens (including phenoxy) is 1. The molecule has 0 aliphatic rings. The van der Waals surface area contributed by atoms with Crippen LogP contribution < -0.4 is 10.3 Å². The van der Waals surface area contributed by atoms with Gasteiger partial charge in [0.15, 0.2) is 0 Å². The highest BCUT2D eigenvalue weighted by atomic mass is 19.4. The van der Waals surface area contributed by atoms with Crippen LogP contribution in [0.25, 0.3) is 10.9 Å². The average Bonchev–Trinajstić information content (AvgIpc) is 2.77. The molecule has 1 heterocycles. The summed E-state index contributed by atoms with van der Waals surface area (Å²) in [5.74, 6) is -4.11. The van der Waals surface area contributed by atoms with Crippen molar-refractivity contribution in [1.82, 2.24) is 9.55 Å². The Morgan fingerprint density at radius 2 is 1.68 bits per heavy atom. The van der Waals surface area contributed by atoms with E-state index in [0.29, 0.717) is 18.2 Å². The zero-order chi connectivity index (χ0) is 24.6. The van der Waals surface area contributed by atoms with Crippen LogP contribution in [0.5, 0.6) is 11.5 Å². The van der Waals surface area contributed by atoms with E-state index in [9.17, 15) is 35.9 Å². The van der Waals surface area contributed by atoms with Gasteiger partial charge < -0.3 is 9.30 Å². The molecule has 0 bridgehead atoms. The fraction of sp³-hybridized carbons (Fsp3) is 0.0870. The third-order valence-corrected chi connectivity index (χ3v) is 4.93. The number of aldehydes is 1. The van der Waals surface area contributed by atoms with Crippen molar-refractivity contribution in [1.29, 1.82) is 0 Å². The van der Waals surface area contributed by atoms with E-state index < -0.39 is 52.6 Å². The van der Waals surface area contributed by atoms with Gasteiger partial charge in [0.2, 0.25) is 0 Å². The van der Waals surface area contributed by atoms with Gasteiger partial charge >= 0.3 is 6.18 Å². The highest BCUT2D eigenvalue weighted by Crippen LogP contribution is 2.39. The van der Waals surface area contributed by atoms with Crippen molar-refractivity contribution in [2.75, 3.05) is 0 Å². The van der Waals surface area contributed by atoms with Gasteiger partial charge in [0.25, 0.3) is 5.56 Å². The Morgan fingerprint density at radius 3 is 2.32 bits per heavy atom. The van der Waals surface area contributed by atoms with Crippen LogP contribution in [-0.2, 0) is 12.7 Å². The smallest absolute Gasteiger partial charge is 0.420 e. The molecule has 0 N–H and O–H groups in total. The molecule has 0 aliphatic heterocycles. The van der Waals surface area contributed by atoms with Crippen LogP contribution in [0.3, 0.4) is 0 Å². The lowest BCUT2D eigenvalue weighted by molar-refractivity contribution is -0.138. The number of hydrogen-bond donors (Lipinski definition) is 0. The number of fused-ring (bicyclic) bond motifs is 1. The molecule has 4 aromatic rings. The van der Waals surface area contributed by atoms with E-state index in [4.69, 9.17) is 4.74 Å². The first kappa shape index (κ1) is 23.0. The molecular formula is C23H12F6N2O3. The third-order valence-electron chi connectivity index (χ3n) is 4.93. The fourth-order valence-electron chi connectivity index (χ4n) is 3.33. The van der Waals surface area contributed by atoms with E-state index in [1.165, 1.54) is 16.7 Å². The normalized spacial score (nSPS) is 11.6. The lowest BCUT2D eigenvalue weighted by Crippen LogP contribution is -2.14. The maximum atomic E-state index is 14.1. The molecule has 174 valence electrons. The van der Waals surface area contributed by atoms with Crippen molar-refractivity contribution in [2.45, 2.75) is 12.7 Å². The van der Waals surface area contributed by atoms with Crippen LogP contribution in [-0.4, -0.2) is 15.8 Å². The second-order valence-electron chi connectivity index (χ2n) is 7.18. The lowest BCUT2D eigenvalue weighted by Gasteiger charge is -2.15. The molecule has 1 aromatic heterocycles. The number of alkyl halides is 3. The van der Waals surface area contributed by atoms with E-state index >= 15 is 0 Å². The Hall–Kier alpha value is -4.15. The van der Waals surface area contributed by atoms with E-state index in [1.54, 1.807) is 0 Å². The first-order valence-corrected chi connectivity index (χ1v) is 9.53. The van der Waals surface area contributed by atoms with E-state index in [0.717, 1.165) is 24.5 Å². The van der Waals surface area contributed by atoms with Crippen LogP contribution in [0.1, 0.15) is 21.5 Å². The molecule has 4 rings (SSSR count). The highest BCUT2D eigenvalue weighted by molar-refractivity contribution is 5.80. The number of carbonyl (C=O) groups excluding carboxylic acids is 1. The van der Waals surface area contributed by atoms with Gasteiger partial charge in [0, 0.05) is 23.3 Å². The molecule has 0 saturated carbocycles. The fourth-order valence-corrected chi connectivity index (χ4v) is 3.33. The average molecular weight is 478 g/mol. The molecule has 5 nitrogen and oxygen atoms in total. The largest absolute Gasteiger partial charge is 0.457 e. The summed E-state index contributed by atoms with van der Waals surface area (Å²) >= 11 is 0. The molecule has 34 heavy (non-hydrogen) atoms. The number of nitrogens with zero attached hydrogens (tertiary/aromatic N) is 2. The molecule has 0 atom stereocenters. The van der Waals surface area contributed by atoms with Gasteiger partial charge in [-0.15, -0.1) is 0 Å². The summed E-state index contributed by atoms with van der Waals surface area (Å²) in [4.78, 5) is 26.7. The van der Waals surface area contributed by atoms with Gasteiger partial charge in [0.05, 0.1) is 29.3 Å². The summed E-state index contributed by atoms with van der Waals surface area (Å²) in [7, 11) is 0. The SMILES string of the molecule is O=Cc1ccc(Oc2ccc3c(c2)c(=O)ncn3Cc2c(F)cc(F)cc2F)c(C(F)(F)F)c1. The maximum Gasteiger partial charge on any atom is 0.420 e. The second-order valence-corrected chi connectivity index (χ2v) is 7.18. The van der Waals surface area contributed by atoms with Gasteiger partial charge in [-0.2, -0.15) is 18.2 Å². The Labute approximate surface area is 186 Å². The third kappa shape index (κ3) is 4.49. The van der Waals surface area contributed by atoms with Gasteiger partial charge in [-0.1, -0.05) is 0 Å². The summed E-state index contributed by atoms with van der Waals surface area (Å²) in [6, 6.07) is 7.45. The van der Waals surface area contributed by atoms with Gasteiger partial charge in [-0.3, -0.25) is 9.59 Å². The number of halogens is 6. The summed E-state index contributed by atoms with van der Waals surface area (Å²) in [5, 5.41) is -0.0963. The summed E-state index contributed by atoms with van der Waals surface area (Å²) < 4.78 is 88.0. The van der Waals surface area contributed by atoms with Crippen molar-refractivity contribution in [2.24, 2.45) is 0 Å². The molecular weight excluding hydrogens is 466 g/mol. The second kappa shape index (κ2) is 8.65. The minimum Gasteiger partial charge on any atom is -0.457 e. The quantitative estimate of drug-likeness (QED) is 0.281. The Morgan fingerprint density at radius 1 is 0.971 bits per heavy atom. The monoisotopic (exact) mass is 478 g/mol. The predicted octanol–water partition coefficient (Wildman–Crippen LogP) is 5.49. The molecule has 0 fully saturated rings. The van der Waals surface area contributed by atoms with Crippen LogP contribution in [0.15, 0.2) is 59.7 Å². The van der Waals surface area contributed by atoms with Crippen molar-refractivity contribution in [3.63, 3.8) is 0 Å². The summed E-state index contributed by atoms with van der Waals surface area (Å²) in [6.45, 7) is -0.437. The number of aromatic nitrogens is 2. The van der Waals surface area contributed by atoms with E-state index in [-0.39, 0.29) is 28.5 Å². The molecule has 0 amide bonds. The predicted molar refractivity (Wildman–Crippen MR) is 108 cm³/mol. The van der Waals surface area contributed by atoms with Crippen molar-refractivity contribution in [3.8, 4) is 11.5 Å². The van der Waals surface area contributed by atoms with Gasteiger partial charge in [0.1, 0.15) is 35.2 Å². The van der Waals surface area contributed by atoms with Crippen LogP contribution in [0.2, 0.25) is 0 Å². The minimum atomic E-state index is -4.82. The van der Waals surface area contributed by atoms with Crippen molar-refractivity contribution >= 4 is 17.2 Å². The Bertz CT molecular complexity index is 1460. The molecule has 0 unspecified atom stereocenters. The Kier molecular flexibility index (Phi) is 5.86. The molecule has 0 radical (unpaired) electrons. The minimum absolute atomic E-state index is 0.0963. The Balaban J connectivity index is 1.75. The van der Waals surface area contributed by atoms with Crippen molar-refractivity contribution < 1.29 is 35.9 Å². The summed E-state index contributed by atoms with van der Waals surface area (Å²) in [6.07, 6.45) is -3.52. The zero-order valence-electron chi connectivity index (χ0n) is 16.9.